The summed E-state index contributed by atoms with van der Waals surface area (Å²) in [6, 6.07) is 7.65. The van der Waals surface area contributed by atoms with Crippen LogP contribution >= 0.6 is 0 Å². The van der Waals surface area contributed by atoms with Gasteiger partial charge in [0, 0.05) is 6.54 Å². The molecule has 0 amide bonds. The van der Waals surface area contributed by atoms with Gasteiger partial charge < -0.3 is 14.8 Å². The summed E-state index contributed by atoms with van der Waals surface area (Å²) in [6.45, 7) is 3.40. The molecule has 0 saturated heterocycles. The van der Waals surface area contributed by atoms with Crippen molar-refractivity contribution in [3.05, 3.63) is 24.3 Å². The minimum absolute atomic E-state index is 0.134. The summed E-state index contributed by atoms with van der Waals surface area (Å²) in [7, 11) is 1.64. The highest BCUT2D eigenvalue weighted by molar-refractivity contribution is 5.31. The lowest BCUT2D eigenvalue weighted by Crippen LogP contribution is -2.30. The molecule has 0 saturated carbocycles. The molecule has 0 bridgehead atoms. The number of benzene rings is 1. The molecule has 1 aromatic rings. The SMILES string of the molecule is C#CC(CC)NCCOc1ccc(OC)cc1. The van der Waals surface area contributed by atoms with Gasteiger partial charge in [0.05, 0.1) is 13.2 Å². The second kappa shape index (κ2) is 7.59. The largest absolute Gasteiger partial charge is 0.497 e. The number of terminal acetylenes is 1. The molecule has 0 aromatic heterocycles. The Hall–Kier alpha value is -1.66. The standard InChI is InChI=1S/C14H19NO2/c1-4-12(5-2)15-10-11-17-14-8-6-13(16-3)7-9-14/h1,6-9,12,15H,5,10-11H2,2-3H3. The van der Waals surface area contributed by atoms with Gasteiger partial charge in [0.15, 0.2) is 0 Å². The third-order valence-electron chi connectivity index (χ3n) is 2.43. The maximum atomic E-state index is 5.56. The summed E-state index contributed by atoms with van der Waals surface area (Å²) in [5.41, 5.74) is 0. The fourth-order valence-corrected chi connectivity index (χ4v) is 1.40. The maximum absolute atomic E-state index is 5.56. The van der Waals surface area contributed by atoms with Crippen molar-refractivity contribution in [1.82, 2.24) is 5.32 Å². The van der Waals surface area contributed by atoms with Crippen molar-refractivity contribution in [2.75, 3.05) is 20.3 Å². The zero-order valence-electron chi connectivity index (χ0n) is 10.4. The predicted molar refractivity (Wildman–Crippen MR) is 69.4 cm³/mol. The molecule has 1 rings (SSSR count). The first-order valence-electron chi connectivity index (χ1n) is 5.76. The predicted octanol–water partition coefficient (Wildman–Crippen LogP) is 2.08. The van der Waals surface area contributed by atoms with E-state index in [1.54, 1.807) is 7.11 Å². The molecule has 0 aliphatic heterocycles. The van der Waals surface area contributed by atoms with Crippen LogP contribution in [0.15, 0.2) is 24.3 Å². The van der Waals surface area contributed by atoms with E-state index in [0.717, 1.165) is 24.5 Å². The lowest BCUT2D eigenvalue weighted by Gasteiger charge is -2.11. The normalized spacial score (nSPS) is 11.6. The molecular formula is C14H19NO2. The van der Waals surface area contributed by atoms with Crippen LogP contribution in [0.3, 0.4) is 0 Å². The zero-order chi connectivity index (χ0) is 12.5. The molecule has 92 valence electrons. The molecule has 0 aliphatic carbocycles. The second-order valence-electron chi connectivity index (χ2n) is 3.61. The summed E-state index contributed by atoms with van der Waals surface area (Å²) in [6.07, 6.45) is 6.27. The van der Waals surface area contributed by atoms with E-state index in [1.807, 2.05) is 24.3 Å². The van der Waals surface area contributed by atoms with E-state index >= 15 is 0 Å². The smallest absolute Gasteiger partial charge is 0.119 e. The highest BCUT2D eigenvalue weighted by Gasteiger charge is 2.00. The highest BCUT2D eigenvalue weighted by Crippen LogP contribution is 2.16. The van der Waals surface area contributed by atoms with Crippen molar-refractivity contribution < 1.29 is 9.47 Å². The Balaban J connectivity index is 2.24. The summed E-state index contributed by atoms with van der Waals surface area (Å²) in [5, 5.41) is 3.23. The molecule has 17 heavy (non-hydrogen) atoms. The number of nitrogens with one attached hydrogen (secondary N) is 1. The molecule has 0 heterocycles. The van der Waals surface area contributed by atoms with Crippen LogP contribution in [0.2, 0.25) is 0 Å². The van der Waals surface area contributed by atoms with Gasteiger partial charge >= 0.3 is 0 Å². The van der Waals surface area contributed by atoms with Crippen LogP contribution in [0, 0.1) is 12.3 Å². The number of methoxy groups -OCH3 is 1. The van der Waals surface area contributed by atoms with Gasteiger partial charge in [-0.15, -0.1) is 6.42 Å². The summed E-state index contributed by atoms with van der Waals surface area (Å²) < 4.78 is 10.6. The molecule has 0 spiro atoms. The van der Waals surface area contributed by atoms with E-state index in [0.29, 0.717) is 6.61 Å². The van der Waals surface area contributed by atoms with Crippen molar-refractivity contribution in [2.24, 2.45) is 0 Å². The number of hydrogen-bond donors (Lipinski definition) is 1. The van der Waals surface area contributed by atoms with Crippen LogP contribution in [0.1, 0.15) is 13.3 Å². The summed E-state index contributed by atoms with van der Waals surface area (Å²) >= 11 is 0. The average Bonchev–Trinajstić information content (AvgIpc) is 2.40. The van der Waals surface area contributed by atoms with Gasteiger partial charge in [-0.3, -0.25) is 0 Å². The molecule has 0 aliphatic rings. The van der Waals surface area contributed by atoms with E-state index in [4.69, 9.17) is 15.9 Å². The first kappa shape index (κ1) is 13.4. The molecule has 0 fully saturated rings. The quantitative estimate of drug-likeness (QED) is 0.577. The Morgan fingerprint density at radius 1 is 1.29 bits per heavy atom. The lowest BCUT2D eigenvalue weighted by molar-refractivity contribution is 0.309. The number of rotatable bonds is 7. The van der Waals surface area contributed by atoms with Crippen LogP contribution in [0.5, 0.6) is 11.5 Å². The number of ether oxygens (including phenoxy) is 2. The van der Waals surface area contributed by atoms with Crippen molar-refractivity contribution >= 4 is 0 Å². The minimum atomic E-state index is 0.134. The van der Waals surface area contributed by atoms with E-state index in [1.165, 1.54) is 0 Å². The third kappa shape index (κ3) is 4.80. The van der Waals surface area contributed by atoms with Crippen LogP contribution in [-0.2, 0) is 0 Å². The summed E-state index contributed by atoms with van der Waals surface area (Å²) in [4.78, 5) is 0. The van der Waals surface area contributed by atoms with Gasteiger partial charge in [-0.25, -0.2) is 0 Å². The third-order valence-corrected chi connectivity index (χ3v) is 2.43. The monoisotopic (exact) mass is 233 g/mol. The van der Waals surface area contributed by atoms with E-state index < -0.39 is 0 Å². The molecule has 3 nitrogen and oxygen atoms in total. The van der Waals surface area contributed by atoms with Crippen molar-refractivity contribution in [1.29, 1.82) is 0 Å². The molecule has 0 radical (unpaired) electrons. The van der Waals surface area contributed by atoms with E-state index in [-0.39, 0.29) is 6.04 Å². The first-order valence-corrected chi connectivity index (χ1v) is 5.76. The number of hydrogen-bond acceptors (Lipinski definition) is 3. The molecule has 1 aromatic carbocycles. The van der Waals surface area contributed by atoms with E-state index in [2.05, 4.69) is 18.2 Å². The second-order valence-corrected chi connectivity index (χ2v) is 3.61. The lowest BCUT2D eigenvalue weighted by atomic mass is 10.2. The zero-order valence-corrected chi connectivity index (χ0v) is 10.4. The van der Waals surface area contributed by atoms with Crippen LogP contribution in [-0.4, -0.2) is 26.3 Å². The Morgan fingerprint density at radius 2 is 1.94 bits per heavy atom. The van der Waals surface area contributed by atoms with Crippen LogP contribution in [0.4, 0.5) is 0 Å². The maximum Gasteiger partial charge on any atom is 0.119 e. The Bertz CT molecular complexity index is 353. The van der Waals surface area contributed by atoms with Gasteiger partial charge in [0.1, 0.15) is 18.1 Å². The van der Waals surface area contributed by atoms with Crippen molar-refractivity contribution in [3.8, 4) is 23.8 Å². The van der Waals surface area contributed by atoms with Gasteiger partial charge in [0.25, 0.3) is 0 Å². The van der Waals surface area contributed by atoms with Gasteiger partial charge in [-0.2, -0.15) is 0 Å². The Labute approximate surface area is 103 Å². The van der Waals surface area contributed by atoms with Crippen LogP contribution < -0.4 is 14.8 Å². The van der Waals surface area contributed by atoms with Gasteiger partial charge in [0.2, 0.25) is 0 Å². The highest BCUT2D eigenvalue weighted by atomic mass is 16.5. The minimum Gasteiger partial charge on any atom is -0.497 e. The van der Waals surface area contributed by atoms with Crippen molar-refractivity contribution in [3.63, 3.8) is 0 Å². The Kier molecular flexibility index (Phi) is 5.98. The first-order chi connectivity index (χ1) is 8.30. The van der Waals surface area contributed by atoms with Gasteiger partial charge in [-0.05, 0) is 30.7 Å². The Morgan fingerprint density at radius 3 is 2.47 bits per heavy atom. The topological polar surface area (TPSA) is 30.5 Å². The fourth-order valence-electron chi connectivity index (χ4n) is 1.40. The van der Waals surface area contributed by atoms with Gasteiger partial charge in [-0.1, -0.05) is 12.8 Å². The fraction of sp³-hybridized carbons (Fsp3) is 0.429. The molecule has 3 heteroatoms. The molecule has 1 unspecified atom stereocenters. The summed E-state index contributed by atoms with van der Waals surface area (Å²) in [5.74, 6) is 4.34. The average molecular weight is 233 g/mol. The van der Waals surface area contributed by atoms with Crippen LogP contribution in [0.25, 0.3) is 0 Å². The van der Waals surface area contributed by atoms with Crippen molar-refractivity contribution in [2.45, 2.75) is 19.4 Å². The van der Waals surface area contributed by atoms with E-state index in [9.17, 15) is 0 Å². The molecule has 1 N–H and O–H groups in total. The molecule has 1 atom stereocenters. The molecular weight excluding hydrogens is 214 g/mol.